The van der Waals surface area contributed by atoms with Crippen LogP contribution in [-0.4, -0.2) is 16.7 Å². The summed E-state index contributed by atoms with van der Waals surface area (Å²) in [6.07, 6.45) is 8.75. The average molecular weight is 249 g/mol. The highest BCUT2D eigenvalue weighted by molar-refractivity contribution is 5.01. The molecule has 3 atom stereocenters. The van der Waals surface area contributed by atoms with E-state index in [0.717, 1.165) is 30.6 Å². The zero-order chi connectivity index (χ0) is 12.4. The maximum Gasteiger partial charge on any atom is 0.243 e. The van der Waals surface area contributed by atoms with E-state index in [1.165, 1.54) is 38.5 Å². The summed E-state index contributed by atoms with van der Waals surface area (Å²) in [5.74, 6) is 3.08. The summed E-state index contributed by atoms with van der Waals surface area (Å²) in [5, 5.41) is 7.69. The van der Waals surface area contributed by atoms with Crippen LogP contribution in [-0.2, 0) is 0 Å². The molecular weight excluding hydrogens is 226 g/mol. The number of nitrogens with zero attached hydrogens (tertiary/aromatic N) is 2. The molecule has 3 rings (SSSR count). The molecule has 0 bridgehead atoms. The van der Waals surface area contributed by atoms with Gasteiger partial charge in [0.2, 0.25) is 5.89 Å². The molecule has 1 saturated heterocycles. The van der Waals surface area contributed by atoms with E-state index in [-0.39, 0.29) is 0 Å². The Balaban J connectivity index is 1.68. The van der Waals surface area contributed by atoms with Gasteiger partial charge in [-0.25, -0.2) is 0 Å². The van der Waals surface area contributed by atoms with Crippen molar-refractivity contribution in [3.05, 3.63) is 11.7 Å². The van der Waals surface area contributed by atoms with Crippen molar-refractivity contribution >= 4 is 0 Å². The van der Waals surface area contributed by atoms with Crippen LogP contribution in [0.5, 0.6) is 0 Å². The summed E-state index contributed by atoms with van der Waals surface area (Å²) >= 11 is 0. The summed E-state index contributed by atoms with van der Waals surface area (Å²) < 4.78 is 5.47. The van der Waals surface area contributed by atoms with Crippen molar-refractivity contribution in [1.29, 1.82) is 0 Å². The van der Waals surface area contributed by atoms with Gasteiger partial charge in [0.15, 0.2) is 5.82 Å². The topological polar surface area (TPSA) is 51.0 Å². The molecule has 2 aliphatic rings. The Hall–Kier alpha value is -0.900. The van der Waals surface area contributed by atoms with Crippen LogP contribution < -0.4 is 5.32 Å². The Morgan fingerprint density at radius 1 is 1.17 bits per heavy atom. The molecule has 3 unspecified atom stereocenters. The molecule has 4 heteroatoms. The van der Waals surface area contributed by atoms with Gasteiger partial charge < -0.3 is 9.84 Å². The molecular formula is C14H23N3O. The first-order valence-corrected chi connectivity index (χ1v) is 7.40. The molecule has 0 aromatic carbocycles. The third-order valence-electron chi connectivity index (χ3n) is 4.37. The van der Waals surface area contributed by atoms with Gasteiger partial charge in [0, 0.05) is 5.92 Å². The van der Waals surface area contributed by atoms with Crippen LogP contribution in [0, 0.1) is 5.92 Å². The van der Waals surface area contributed by atoms with E-state index in [2.05, 4.69) is 22.4 Å². The summed E-state index contributed by atoms with van der Waals surface area (Å²) in [6.45, 7) is 3.40. The van der Waals surface area contributed by atoms with E-state index in [9.17, 15) is 0 Å². The average Bonchev–Trinajstić information content (AvgIpc) is 2.89. The molecule has 2 heterocycles. The molecule has 1 aromatic rings. The molecule has 0 amide bonds. The van der Waals surface area contributed by atoms with Crippen molar-refractivity contribution in [1.82, 2.24) is 15.5 Å². The number of hydrogen-bond donors (Lipinski definition) is 1. The van der Waals surface area contributed by atoms with Crippen LogP contribution in [0.2, 0.25) is 0 Å². The Morgan fingerprint density at radius 2 is 2.11 bits per heavy atom. The molecule has 2 fully saturated rings. The Bertz CT molecular complexity index is 384. The number of piperidine rings is 1. The van der Waals surface area contributed by atoms with Gasteiger partial charge in [0.25, 0.3) is 0 Å². The lowest BCUT2D eigenvalue weighted by Gasteiger charge is -2.24. The number of hydrogen-bond acceptors (Lipinski definition) is 4. The second-order valence-electron chi connectivity index (χ2n) is 5.96. The van der Waals surface area contributed by atoms with E-state index in [1.54, 1.807) is 0 Å². The minimum absolute atomic E-state index is 0.293. The zero-order valence-corrected chi connectivity index (χ0v) is 11.2. The van der Waals surface area contributed by atoms with Crippen LogP contribution in [0.4, 0.5) is 0 Å². The van der Waals surface area contributed by atoms with Crippen molar-refractivity contribution in [3.63, 3.8) is 0 Å². The minimum Gasteiger partial charge on any atom is -0.338 e. The first-order valence-electron chi connectivity index (χ1n) is 7.40. The SMILES string of the molecule is CC1CCCC(c2noc(C3CCCCN3)n2)C1. The summed E-state index contributed by atoms with van der Waals surface area (Å²) in [7, 11) is 0. The standard InChI is InChI=1S/C14H23N3O/c1-10-5-4-6-11(9-10)13-16-14(18-17-13)12-7-2-3-8-15-12/h10-12,15H,2-9H2,1H3. The fraction of sp³-hybridized carbons (Fsp3) is 0.857. The molecule has 18 heavy (non-hydrogen) atoms. The van der Waals surface area contributed by atoms with E-state index >= 15 is 0 Å². The van der Waals surface area contributed by atoms with Gasteiger partial charge >= 0.3 is 0 Å². The lowest BCUT2D eigenvalue weighted by atomic mass is 9.82. The second-order valence-corrected chi connectivity index (χ2v) is 5.96. The highest BCUT2D eigenvalue weighted by Gasteiger charge is 2.27. The monoisotopic (exact) mass is 249 g/mol. The normalized spacial score (nSPS) is 33.5. The van der Waals surface area contributed by atoms with Crippen molar-refractivity contribution in [2.75, 3.05) is 6.54 Å². The van der Waals surface area contributed by atoms with E-state index in [4.69, 9.17) is 4.52 Å². The number of rotatable bonds is 2. The van der Waals surface area contributed by atoms with Gasteiger partial charge in [0.05, 0.1) is 6.04 Å². The smallest absolute Gasteiger partial charge is 0.243 e. The van der Waals surface area contributed by atoms with E-state index in [1.807, 2.05) is 0 Å². The fourth-order valence-electron chi connectivity index (χ4n) is 3.29. The first kappa shape index (κ1) is 12.2. The molecule has 0 radical (unpaired) electrons. The van der Waals surface area contributed by atoms with Crippen LogP contribution in [0.1, 0.15) is 75.5 Å². The van der Waals surface area contributed by atoms with Crippen molar-refractivity contribution in [2.24, 2.45) is 5.92 Å². The highest BCUT2D eigenvalue weighted by atomic mass is 16.5. The molecule has 1 aromatic heterocycles. The van der Waals surface area contributed by atoms with Crippen molar-refractivity contribution in [2.45, 2.75) is 63.8 Å². The second kappa shape index (κ2) is 5.39. The number of nitrogens with one attached hydrogen (secondary N) is 1. The molecule has 1 saturated carbocycles. The molecule has 1 N–H and O–H groups in total. The van der Waals surface area contributed by atoms with Gasteiger partial charge in [-0.2, -0.15) is 4.98 Å². The Kier molecular flexibility index (Phi) is 3.64. The molecule has 100 valence electrons. The summed E-state index contributed by atoms with van der Waals surface area (Å²) in [5.41, 5.74) is 0. The predicted octanol–water partition coefficient (Wildman–Crippen LogP) is 3.18. The van der Waals surface area contributed by atoms with Gasteiger partial charge in [-0.1, -0.05) is 31.3 Å². The van der Waals surface area contributed by atoms with Gasteiger partial charge in [-0.15, -0.1) is 0 Å². The van der Waals surface area contributed by atoms with Crippen LogP contribution >= 0.6 is 0 Å². The van der Waals surface area contributed by atoms with Gasteiger partial charge in [0.1, 0.15) is 0 Å². The van der Waals surface area contributed by atoms with Crippen LogP contribution in [0.3, 0.4) is 0 Å². The molecule has 1 aliphatic carbocycles. The van der Waals surface area contributed by atoms with E-state index < -0.39 is 0 Å². The predicted molar refractivity (Wildman–Crippen MR) is 69.3 cm³/mol. The largest absolute Gasteiger partial charge is 0.338 e. The third-order valence-corrected chi connectivity index (χ3v) is 4.37. The maximum absolute atomic E-state index is 5.47. The summed E-state index contributed by atoms with van der Waals surface area (Å²) in [4.78, 5) is 4.65. The van der Waals surface area contributed by atoms with Gasteiger partial charge in [-0.05, 0) is 38.1 Å². The van der Waals surface area contributed by atoms with Crippen LogP contribution in [0.25, 0.3) is 0 Å². The number of aromatic nitrogens is 2. The lowest BCUT2D eigenvalue weighted by molar-refractivity contribution is 0.289. The lowest BCUT2D eigenvalue weighted by Crippen LogP contribution is -2.27. The first-order chi connectivity index (χ1) is 8.83. The van der Waals surface area contributed by atoms with Crippen molar-refractivity contribution < 1.29 is 4.52 Å². The molecule has 1 aliphatic heterocycles. The highest BCUT2D eigenvalue weighted by Crippen LogP contribution is 2.35. The van der Waals surface area contributed by atoms with E-state index in [0.29, 0.717) is 12.0 Å². The van der Waals surface area contributed by atoms with Gasteiger partial charge in [-0.3, -0.25) is 0 Å². The third kappa shape index (κ3) is 2.58. The van der Waals surface area contributed by atoms with Crippen molar-refractivity contribution in [3.8, 4) is 0 Å². The maximum atomic E-state index is 5.47. The molecule has 0 spiro atoms. The quantitative estimate of drug-likeness (QED) is 0.874. The van der Waals surface area contributed by atoms with Crippen LogP contribution in [0.15, 0.2) is 4.52 Å². The fourth-order valence-corrected chi connectivity index (χ4v) is 3.29. The zero-order valence-electron chi connectivity index (χ0n) is 11.2. The summed E-state index contributed by atoms with van der Waals surface area (Å²) in [6, 6.07) is 0.293. The Labute approximate surface area is 109 Å². The minimum atomic E-state index is 0.293. The Morgan fingerprint density at radius 3 is 2.89 bits per heavy atom. The molecule has 4 nitrogen and oxygen atoms in total.